The summed E-state index contributed by atoms with van der Waals surface area (Å²) in [5.41, 5.74) is 2.66. The fourth-order valence-electron chi connectivity index (χ4n) is 1.80. The van der Waals surface area contributed by atoms with Gasteiger partial charge in [0.1, 0.15) is 11.5 Å². The van der Waals surface area contributed by atoms with Crippen LogP contribution in [0.1, 0.15) is 31.9 Å². The number of ether oxygens (including phenoxy) is 1. The van der Waals surface area contributed by atoms with Crippen LogP contribution < -0.4 is 4.74 Å². The molecule has 2 rings (SSSR count). The molecule has 0 aliphatic rings. The van der Waals surface area contributed by atoms with Crippen LogP contribution in [-0.4, -0.2) is 0 Å². The standard InChI is InChI=1S/C17H19O/c1-13-12-14(17(2,3)4)10-11-16(13)18-15-8-6-5-7-9-15/h6-12H,1-4H3. The largest absolute Gasteiger partial charge is 0.457 e. The Morgan fingerprint density at radius 3 is 2.22 bits per heavy atom. The van der Waals surface area contributed by atoms with Gasteiger partial charge in [0.2, 0.25) is 0 Å². The molecule has 2 aromatic rings. The Labute approximate surface area is 109 Å². The molecule has 0 amide bonds. The number of hydrogen-bond donors (Lipinski definition) is 0. The molecule has 0 unspecified atom stereocenters. The lowest BCUT2D eigenvalue weighted by Gasteiger charge is -2.20. The van der Waals surface area contributed by atoms with Crippen molar-refractivity contribution in [1.82, 2.24) is 0 Å². The maximum Gasteiger partial charge on any atom is 0.130 e. The second-order valence-corrected chi connectivity index (χ2v) is 5.57. The molecule has 93 valence electrons. The zero-order valence-corrected chi connectivity index (χ0v) is 11.4. The van der Waals surface area contributed by atoms with Crippen LogP contribution >= 0.6 is 0 Å². The Bertz CT molecular complexity index is 521. The van der Waals surface area contributed by atoms with Crippen molar-refractivity contribution in [2.75, 3.05) is 0 Å². The lowest BCUT2D eigenvalue weighted by molar-refractivity contribution is 0.477. The summed E-state index contributed by atoms with van der Waals surface area (Å²) in [5.74, 6) is 1.76. The first-order valence-electron chi connectivity index (χ1n) is 6.22. The van der Waals surface area contributed by atoms with Crippen LogP contribution in [0.5, 0.6) is 11.5 Å². The predicted molar refractivity (Wildman–Crippen MR) is 75.2 cm³/mol. The molecule has 0 aliphatic heterocycles. The van der Waals surface area contributed by atoms with Crippen molar-refractivity contribution in [1.29, 1.82) is 0 Å². The second kappa shape index (κ2) is 4.85. The Morgan fingerprint density at radius 1 is 1.00 bits per heavy atom. The molecule has 0 heterocycles. The van der Waals surface area contributed by atoms with Crippen LogP contribution in [0.15, 0.2) is 42.5 Å². The van der Waals surface area contributed by atoms with Gasteiger partial charge in [0.25, 0.3) is 0 Å². The summed E-state index contributed by atoms with van der Waals surface area (Å²) in [6.45, 7) is 8.74. The molecule has 1 radical (unpaired) electrons. The lowest BCUT2D eigenvalue weighted by Crippen LogP contribution is -2.11. The van der Waals surface area contributed by atoms with E-state index in [1.165, 1.54) is 5.56 Å². The smallest absolute Gasteiger partial charge is 0.130 e. The summed E-state index contributed by atoms with van der Waals surface area (Å²) >= 11 is 0. The number of rotatable bonds is 2. The van der Waals surface area contributed by atoms with Gasteiger partial charge in [0.05, 0.1) is 0 Å². The van der Waals surface area contributed by atoms with Gasteiger partial charge >= 0.3 is 0 Å². The van der Waals surface area contributed by atoms with Crippen LogP contribution in [0, 0.1) is 13.0 Å². The fraction of sp³-hybridized carbons (Fsp3) is 0.294. The first-order chi connectivity index (χ1) is 8.47. The minimum absolute atomic E-state index is 0.172. The minimum atomic E-state index is 0.172. The van der Waals surface area contributed by atoms with Gasteiger partial charge < -0.3 is 4.74 Å². The highest BCUT2D eigenvalue weighted by atomic mass is 16.5. The second-order valence-electron chi connectivity index (χ2n) is 5.57. The summed E-state index contributed by atoms with van der Waals surface area (Å²) in [4.78, 5) is 0. The summed E-state index contributed by atoms with van der Waals surface area (Å²) in [5, 5.41) is 0. The summed E-state index contributed by atoms with van der Waals surface area (Å²) in [6.07, 6.45) is 0. The molecule has 0 bridgehead atoms. The van der Waals surface area contributed by atoms with E-state index in [-0.39, 0.29) is 5.41 Å². The molecule has 1 heteroatoms. The van der Waals surface area contributed by atoms with E-state index >= 15 is 0 Å². The van der Waals surface area contributed by atoms with Crippen LogP contribution in [-0.2, 0) is 5.41 Å². The van der Waals surface area contributed by atoms with E-state index < -0.39 is 0 Å². The van der Waals surface area contributed by atoms with Gasteiger partial charge in [0.15, 0.2) is 0 Å². The van der Waals surface area contributed by atoms with E-state index in [1.807, 2.05) is 30.3 Å². The van der Waals surface area contributed by atoms with Crippen molar-refractivity contribution in [2.45, 2.75) is 33.1 Å². The number of hydrogen-bond acceptors (Lipinski definition) is 1. The van der Waals surface area contributed by atoms with E-state index in [9.17, 15) is 0 Å². The van der Waals surface area contributed by atoms with E-state index in [1.54, 1.807) is 0 Å². The Balaban J connectivity index is 2.26. The van der Waals surface area contributed by atoms with Gasteiger partial charge in [-0.1, -0.05) is 45.0 Å². The number of aryl methyl sites for hydroxylation is 1. The molecule has 1 nitrogen and oxygen atoms in total. The van der Waals surface area contributed by atoms with Crippen LogP contribution in [0.25, 0.3) is 0 Å². The molecule has 0 saturated heterocycles. The topological polar surface area (TPSA) is 9.23 Å². The fourth-order valence-corrected chi connectivity index (χ4v) is 1.80. The predicted octanol–water partition coefficient (Wildman–Crippen LogP) is 4.89. The zero-order valence-electron chi connectivity index (χ0n) is 11.4. The molecular formula is C17H19O. The van der Waals surface area contributed by atoms with E-state index in [0.29, 0.717) is 0 Å². The normalized spacial score (nSPS) is 11.3. The molecule has 0 atom stereocenters. The van der Waals surface area contributed by atoms with Crippen molar-refractivity contribution in [3.8, 4) is 11.5 Å². The lowest BCUT2D eigenvalue weighted by atomic mass is 9.86. The monoisotopic (exact) mass is 239 g/mol. The molecule has 0 N–H and O–H groups in total. The molecule has 0 saturated carbocycles. The highest BCUT2D eigenvalue weighted by Gasteiger charge is 2.14. The maximum absolute atomic E-state index is 5.86. The van der Waals surface area contributed by atoms with Gasteiger partial charge in [-0.25, -0.2) is 0 Å². The van der Waals surface area contributed by atoms with Crippen LogP contribution in [0.4, 0.5) is 0 Å². The summed E-state index contributed by atoms with van der Waals surface area (Å²) in [7, 11) is 0. The molecule has 2 aromatic carbocycles. The third kappa shape index (κ3) is 2.92. The molecule has 18 heavy (non-hydrogen) atoms. The van der Waals surface area contributed by atoms with Gasteiger partial charge in [-0.2, -0.15) is 0 Å². The number of benzene rings is 2. The first-order valence-corrected chi connectivity index (χ1v) is 6.22. The molecule has 0 aliphatic carbocycles. The van der Waals surface area contributed by atoms with E-state index in [2.05, 4.69) is 45.9 Å². The maximum atomic E-state index is 5.86. The summed E-state index contributed by atoms with van der Waals surface area (Å²) in [6, 6.07) is 16.9. The van der Waals surface area contributed by atoms with Crippen molar-refractivity contribution < 1.29 is 4.74 Å². The average Bonchev–Trinajstić information content (AvgIpc) is 2.32. The molecular weight excluding hydrogens is 220 g/mol. The van der Waals surface area contributed by atoms with E-state index in [4.69, 9.17) is 4.74 Å². The van der Waals surface area contributed by atoms with Crippen LogP contribution in [0.3, 0.4) is 0 Å². The minimum Gasteiger partial charge on any atom is -0.457 e. The highest BCUT2D eigenvalue weighted by molar-refractivity contribution is 5.41. The van der Waals surface area contributed by atoms with Crippen molar-refractivity contribution >= 4 is 0 Å². The third-order valence-corrected chi connectivity index (χ3v) is 2.96. The van der Waals surface area contributed by atoms with Crippen molar-refractivity contribution in [2.24, 2.45) is 0 Å². The quantitative estimate of drug-likeness (QED) is 0.725. The van der Waals surface area contributed by atoms with Crippen molar-refractivity contribution in [3.05, 3.63) is 59.7 Å². The molecule has 0 aromatic heterocycles. The molecule has 0 fully saturated rings. The van der Waals surface area contributed by atoms with Gasteiger partial charge in [-0.05, 0) is 47.7 Å². The average molecular weight is 239 g/mol. The van der Waals surface area contributed by atoms with Gasteiger partial charge in [0, 0.05) is 0 Å². The van der Waals surface area contributed by atoms with Gasteiger partial charge in [-0.15, -0.1) is 0 Å². The third-order valence-electron chi connectivity index (χ3n) is 2.96. The van der Waals surface area contributed by atoms with Crippen LogP contribution in [0.2, 0.25) is 0 Å². The van der Waals surface area contributed by atoms with E-state index in [0.717, 1.165) is 17.1 Å². The first kappa shape index (κ1) is 12.7. The highest BCUT2D eigenvalue weighted by Crippen LogP contribution is 2.30. The Morgan fingerprint density at radius 2 is 1.67 bits per heavy atom. The summed E-state index contributed by atoms with van der Waals surface area (Å²) < 4.78 is 5.86. The SMILES string of the molecule is Cc1cc(C(C)(C)C)ccc1Oc1cc[c]cc1. The zero-order chi connectivity index (χ0) is 13.2. The Hall–Kier alpha value is -1.76. The molecule has 0 spiro atoms. The van der Waals surface area contributed by atoms with Gasteiger partial charge in [-0.3, -0.25) is 0 Å². The van der Waals surface area contributed by atoms with Crippen molar-refractivity contribution in [3.63, 3.8) is 0 Å². The Kier molecular flexibility index (Phi) is 3.42.